The van der Waals surface area contributed by atoms with Crippen molar-refractivity contribution in [2.45, 2.75) is 24.9 Å². The van der Waals surface area contributed by atoms with E-state index in [2.05, 4.69) is 15.0 Å². The van der Waals surface area contributed by atoms with Crippen molar-refractivity contribution >= 4 is 18.8 Å². The molecule has 2 aromatic rings. The summed E-state index contributed by atoms with van der Waals surface area (Å²) in [5.41, 5.74) is 1.29. The minimum Gasteiger partial charge on any atom is -0.382 e. The molecule has 120 valence electrons. The van der Waals surface area contributed by atoms with Crippen LogP contribution in [0.5, 0.6) is 0 Å². The predicted octanol–water partition coefficient (Wildman–Crippen LogP) is 0.961. The van der Waals surface area contributed by atoms with Crippen molar-refractivity contribution in [2.75, 3.05) is 20.4 Å². The quantitative estimate of drug-likeness (QED) is 0.809. The van der Waals surface area contributed by atoms with Crippen LogP contribution in [0.2, 0.25) is 0 Å². The first-order valence-corrected chi connectivity index (χ1v) is 8.76. The maximum absolute atomic E-state index is 11.5. The molecule has 22 heavy (non-hydrogen) atoms. The van der Waals surface area contributed by atoms with Crippen molar-refractivity contribution in [3.05, 3.63) is 18.9 Å². The highest BCUT2D eigenvalue weighted by atomic mass is 31.2. The topological polar surface area (TPSA) is 109 Å². The molecule has 1 fully saturated rings. The molecular weight excluding hydrogens is 311 g/mol. The van der Waals surface area contributed by atoms with Gasteiger partial charge in [0.05, 0.1) is 25.2 Å². The van der Waals surface area contributed by atoms with Gasteiger partial charge in [-0.05, 0) is 0 Å². The number of fused-ring (bicyclic) bond motifs is 1. The van der Waals surface area contributed by atoms with Gasteiger partial charge in [-0.1, -0.05) is 0 Å². The predicted molar refractivity (Wildman–Crippen MR) is 76.3 cm³/mol. The summed E-state index contributed by atoms with van der Waals surface area (Å²) in [4.78, 5) is 21.8. The van der Waals surface area contributed by atoms with Crippen LogP contribution in [0.1, 0.15) is 12.6 Å². The fraction of sp³-hybridized carbons (Fsp3) is 0.583. The zero-order chi connectivity index (χ0) is 15.7. The van der Waals surface area contributed by atoms with Gasteiger partial charge >= 0.3 is 7.60 Å². The fourth-order valence-electron chi connectivity index (χ4n) is 2.54. The van der Waals surface area contributed by atoms with Gasteiger partial charge in [-0.3, -0.25) is 9.13 Å². The smallest absolute Gasteiger partial charge is 0.325 e. The van der Waals surface area contributed by atoms with Gasteiger partial charge in [0.2, 0.25) is 0 Å². The highest BCUT2D eigenvalue weighted by Crippen LogP contribution is 2.44. The fourth-order valence-corrected chi connectivity index (χ4v) is 3.27. The molecule has 10 heteroatoms. The van der Waals surface area contributed by atoms with E-state index < -0.39 is 26.0 Å². The molecule has 0 spiro atoms. The molecule has 0 aliphatic carbocycles. The number of hydrogen-bond donors (Lipinski definition) is 1. The summed E-state index contributed by atoms with van der Waals surface area (Å²) >= 11 is 0. The second-order valence-corrected chi connectivity index (χ2v) is 6.97. The Morgan fingerprint density at radius 3 is 3.09 bits per heavy atom. The molecule has 3 rings (SSSR count). The standard InChI is InChI=1S/C12H17N4O5P/c1-19-5-10-9(21-22(2,17)18)3-11(20-10)16-7-15-8-4-13-6-14-12(8)16/h4,6-7,9-11H,3,5H2,1-2H3,(H,17,18). The van der Waals surface area contributed by atoms with E-state index in [0.717, 1.165) is 6.66 Å². The lowest BCUT2D eigenvalue weighted by Gasteiger charge is -2.19. The molecule has 0 aromatic carbocycles. The van der Waals surface area contributed by atoms with E-state index in [-0.39, 0.29) is 6.61 Å². The van der Waals surface area contributed by atoms with E-state index in [9.17, 15) is 9.46 Å². The average Bonchev–Trinajstić information content (AvgIpc) is 3.02. The third-order valence-electron chi connectivity index (χ3n) is 3.39. The summed E-state index contributed by atoms with van der Waals surface area (Å²) in [5, 5.41) is 0. The summed E-state index contributed by atoms with van der Waals surface area (Å²) in [6.07, 6.45) is 3.70. The third kappa shape index (κ3) is 3.18. The summed E-state index contributed by atoms with van der Waals surface area (Å²) in [5.74, 6) is 0. The van der Waals surface area contributed by atoms with Gasteiger partial charge in [0.15, 0.2) is 5.65 Å². The van der Waals surface area contributed by atoms with Crippen LogP contribution < -0.4 is 0 Å². The number of aromatic nitrogens is 4. The van der Waals surface area contributed by atoms with Crippen molar-refractivity contribution in [3.8, 4) is 0 Å². The Kier molecular flexibility index (Phi) is 4.24. The second kappa shape index (κ2) is 6.02. The van der Waals surface area contributed by atoms with Crippen LogP contribution >= 0.6 is 7.60 Å². The van der Waals surface area contributed by atoms with E-state index in [4.69, 9.17) is 14.0 Å². The second-order valence-electron chi connectivity index (χ2n) is 5.15. The molecule has 4 atom stereocenters. The van der Waals surface area contributed by atoms with Crippen LogP contribution in [-0.2, 0) is 18.6 Å². The van der Waals surface area contributed by atoms with Crippen LogP contribution in [0.3, 0.4) is 0 Å². The summed E-state index contributed by atoms with van der Waals surface area (Å²) < 4.78 is 29.5. The zero-order valence-corrected chi connectivity index (χ0v) is 13.1. The maximum atomic E-state index is 11.5. The third-order valence-corrected chi connectivity index (χ3v) is 4.05. The van der Waals surface area contributed by atoms with Crippen LogP contribution in [0.4, 0.5) is 0 Å². The molecular formula is C12H17N4O5P. The molecule has 0 saturated carbocycles. The minimum absolute atomic E-state index is 0.267. The molecule has 3 heterocycles. The molecule has 1 aliphatic rings. The van der Waals surface area contributed by atoms with E-state index in [1.165, 1.54) is 13.4 Å². The Morgan fingerprint density at radius 1 is 1.55 bits per heavy atom. The van der Waals surface area contributed by atoms with Gasteiger partial charge in [0, 0.05) is 20.2 Å². The molecule has 1 aliphatic heterocycles. The van der Waals surface area contributed by atoms with Gasteiger partial charge in [0.1, 0.15) is 24.2 Å². The summed E-state index contributed by atoms with van der Waals surface area (Å²) in [6.45, 7) is 1.42. The monoisotopic (exact) mass is 328 g/mol. The lowest BCUT2D eigenvalue weighted by atomic mass is 10.2. The summed E-state index contributed by atoms with van der Waals surface area (Å²) in [6, 6.07) is 0. The van der Waals surface area contributed by atoms with Crippen molar-refractivity contribution in [1.82, 2.24) is 19.5 Å². The van der Waals surface area contributed by atoms with E-state index in [1.807, 2.05) is 0 Å². The highest BCUT2D eigenvalue weighted by molar-refractivity contribution is 7.51. The van der Waals surface area contributed by atoms with E-state index in [0.29, 0.717) is 17.6 Å². The number of rotatable bonds is 5. The lowest BCUT2D eigenvalue weighted by Crippen LogP contribution is -2.27. The van der Waals surface area contributed by atoms with Crippen LogP contribution in [0.25, 0.3) is 11.2 Å². The van der Waals surface area contributed by atoms with Gasteiger partial charge in [-0.2, -0.15) is 0 Å². The van der Waals surface area contributed by atoms with Gasteiger partial charge in [-0.15, -0.1) is 0 Å². The molecule has 0 radical (unpaired) electrons. The normalized spacial score (nSPS) is 28.0. The van der Waals surface area contributed by atoms with E-state index >= 15 is 0 Å². The average molecular weight is 328 g/mol. The number of imidazole rings is 1. The number of hydrogen-bond acceptors (Lipinski definition) is 7. The van der Waals surface area contributed by atoms with Gasteiger partial charge in [-0.25, -0.2) is 15.0 Å². The van der Waals surface area contributed by atoms with Crippen molar-refractivity contribution in [3.63, 3.8) is 0 Å². The lowest BCUT2D eigenvalue weighted by molar-refractivity contribution is -0.0493. The zero-order valence-electron chi connectivity index (χ0n) is 12.2. The van der Waals surface area contributed by atoms with Crippen LogP contribution in [0.15, 0.2) is 18.9 Å². The van der Waals surface area contributed by atoms with Crippen molar-refractivity contribution in [2.24, 2.45) is 0 Å². The number of ether oxygens (including phenoxy) is 2. The Bertz CT molecular complexity index is 702. The van der Waals surface area contributed by atoms with Gasteiger partial charge in [0.25, 0.3) is 0 Å². The maximum Gasteiger partial charge on any atom is 0.325 e. The molecule has 4 unspecified atom stereocenters. The van der Waals surface area contributed by atoms with Crippen molar-refractivity contribution < 1.29 is 23.5 Å². The molecule has 0 amide bonds. The first-order valence-electron chi connectivity index (χ1n) is 6.73. The van der Waals surface area contributed by atoms with Crippen molar-refractivity contribution in [1.29, 1.82) is 0 Å². The highest BCUT2D eigenvalue weighted by Gasteiger charge is 2.40. The number of methoxy groups -OCH3 is 1. The Hall–Kier alpha value is -1.38. The largest absolute Gasteiger partial charge is 0.382 e. The van der Waals surface area contributed by atoms with Crippen LogP contribution in [-0.4, -0.2) is 57.0 Å². The Labute approximate surface area is 126 Å². The van der Waals surface area contributed by atoms with E-state index in [1.54, 1.807) is 17.1 Å². The molecule has 1 N–H and O–H groups in total. The first kappa shape index (κ1) is 15.5. The SMILES string of the molecule is COCC1OC(n2cnc3cncnc32)CC1OP(C)(=O)O. The van der Waals surface area contributed by atoms with Crippen LogP contribution in [0, 0.1) is 0 Å². The molecule has 9 nitrogen and oxygen atoms in total. The molecule has 0 bridgehead atoms. The molecule has 1 saturated heterocycles. The number of nitrogens with zero attached hydrogens (tertiary/aromatic N) is 4. The van der Waals surface area contributed by atoms with Gasteiger partial charge < -0.3 is 18.9 Å². The Balaban J connectivity index is 1.85. The molecule has 2 aromatic heterocycles. The first-order chi connectivity index (χ1) is 10.5. The summed E-state index contributed by atoms with van der Waals surface area (Å²) in [7, 11) is -2.07. The minimum atomic E-state index is -3.61. The Morgan fingerprint density at radius 2 is 2.36 bits per heavy atom.